The second-order valence-corrected chi connectivity index (χ2v) is 8.26. The number of nitrogens with zero attached hydrogens (tertiary/aromatic N) is 5. The molecule has 1 saturated heterocycles. The summed E-state index contributed by atoms with van der Waals surface area (Å²) in [5.41, 5.74) is 1.19. The minimum atomic E-state index is -2.94. The van der Waals surface area contributed by atoms with E-state index < -0.39 is 47.9 Å². The predicted octanol–water partition coefficient (Wildman–Crippen LogP) is 3.84. The largest absolute Gasteiger partial charge is 0.465 e. The minimum absolute atomic E-state index is 0.0116. The van der Waals surface area contributed by atoms with E-state index in [1.807, 2.05) is 0 Å². The van der Waals surface area contributed by atoms with E-state index in [0.29, 0.717) is 11.3 Å². The SMILES string of the molecule is O=C(O)N1CCC(N2Cc3ncc(-c4nnc(C(F)F)o4)cc3C2=O)C(c2ccc(F)c(F)c2)C1. The molecule has 0 aliphatic carbocycles. The van der Waals surface area contributed by atoms with Crippen molar-refractivity contribution >= 4 is 12.0 Å². The molecule has 2 aliphatic heterocycles. The normalized spacial score (nSPS) is 20.0. The molecule has 2 unspecified atom stereocenters. The number of piperidine rings is 1. The molecular formula is C22H17F4N5O4. The van der Waals surface area contributed by atoms with Gasteiger partial charge in [-0.25, -0.2) is 13.6 Å². The van der Waals surface area contributed by atoms with Crippen LogP contribution >= 0.6 is 0 Å². The highest BCUT2D eigenvalue weighted by atomic mass is 19.3. The number of rotatable bonds is 4. The van der Waals surface area contributed by atoms with Gasteiger partial charge in [0.2, 0.25) is 5.89 Å². The third-order valence-corrected chi connectivity index (χ3v) is 6.27. The number of carboxylic acid groups (broad SMARTS) is 1. The molecule has 4 heterocycles. The molecule has 2 aliphatic rings. The Hall–Kier alpha value is -4.03. The summed E-state index contributed by atoms with van der Waals surface area (Å²) >= 11 is 0. The number of hydrogen-bond acceptors (Lipinski definition) is 6. The van der Waals surface area contributed by atoms with Crippen LogP contribution in [0.4, 0.5) is 22.4 Å². The van der Waals surface area contributed by atoms with Gasteiger partial charge in [-0.3, -0.25) is 9.78 Å². The van der Waals surface area contributed by atoms with Crippen molar-refractivity contribution in [1.82, 2.24) is 25.0 Å². The van der Waals surface area contributed by atoms with Crippen molar-refractivity contribution < 1.29 is 36.7 Å². The highest BCUT2D eigenvalue weighted by Crippen LogP contribution is 2.37. The fraction of sp³-hybridized carbons (Fsp3) is 0.318. The van der Waals surface area contributed by atoms with Gasteiger partial charge in [-0.15, -0.1) is 10.2 Å². The molecule has 13 heteroatoms. The van der Waals surface area contributed by atoms with Crippen LogP contribution in [0.1, 0.15) is 46.3 Å². The monoisotopic (exact) mass is 491 g/mol. The zero-order valence-electron chi connectivity index (χ0n) is 17.9. The molecule has 35 heavy (non-hydrogen) atoms. The van der Waals surface area contributed by atoms with E-state index in [1.54, 1.807) is 0 Å². The topological polar surface area (TPSA) is 113 Å². The molecule has 2 atom stereocenters. The third kappa shape index (κ3) is 4.06. The van der Waals surface area contributed by atoms with Crippen molar-refractivity contribution in [3.8, 4) is 11.5 Å². The lowest BCUT2D eigenvalue weighted by atomic mass is 9.85. The molecule has 0 radical (unpaired) electrons. The molecular weight excluding hydrogens is 474 g/mol. The van der Waals surface area contributed by atoms with E-state index in [0.717, 1.165) is 12.1 Å². The van der Waals surface area contributed by atoms with Gasteiger partial charge in [0, 0.05) is 31.2 Å². The maximum atomic E-state index is 14.0. The number of halogens is 4. The number of aromatic nitrogens is 3. The van der Waals surface area contributed by atoms with Crippen molar-refractivity contribution in [2.75, 3.05) is 13.1 Å². The number of pyridine rings is 1. The van der Waals surface area contributed by atoms with E-state index in [1.165, 1.54) is 28.1 Å². The molecule has 182 valence electrons. The molecule has 1 N–H and O–H groups in total. The van der Waals surface area contributed by atoms with Crippen LogP contribution in [-0.2, 0) is 6.54 Å². The highest BCUT2D eigenvalue weighted by molar-refractivity contribution is 5.99. The number of alkyl halides is 2. The van der Waals surface area contributed by atoms with Crippen molar-refractivity contribution in [2.45, 2.75) is 31.4 Å². The van der Waals surface area contributed by atoms with E-state index in [2.05, 4.69) is 15.2 Å². The van der Waals surface area contributed by atoms with Crippen molar-refractivity contribution in [2.24, 2.45) is 0 Å². The quantitative estimate of drug-likeness (QED) is 0.552. The molecule has 2 aromatic heterocycles. The summed E-state index contributed by atoms with van der Waals surface area (Å²) in [6.45, 7) is 0.248. The van der Waals surface area contributed by atoms with Gasteiger partial charge in [-0.05, 0) is 30.2 Å². The number of hydrogen-bond donors (Lipinski definition) is 1. The van der Waals surface area contributed by atoms with Gasteiger partial charge in [0.1, 0.15) is 0 Å². The maximum Gasteiger partial charge on any atom is 0.407 e. The molecule has 0 spiro atoms. The number of carbonyl (C=O) groups is 2. The van der Waals surface area contributed by atoms with Crippen LogP contribution < -0.4 is 0 Å². The lowest BCUT2D eigenvalue weighted by Crippen LogP contribution is -2.51. The molecule has 1 fully saturated rings. The van der Waals surface area contributed by atoms with Gasteiger partial charge in [-0.1, -0.05) is 6.07 Å². The Kier molecular flexibility index (Phi) is 5.61. The first kappa shape index (κ1) is 22.7. The Morgan fingerprint density at radius 3 is 2.66 bits per heavy atom. The van der Waals surface area contributed by atoms with Crippen LogP contribution in [0.2, 0.25) is 0 Å². The van der Waals surface area contributed by atoms with E-state index in [4.69, 9.17) is 4.42 Å². The minimum Gasteiger partial charge on any atom is -0.465 e. The maximum absolute atomic E-state index is 14.0. The van der Waals surface area contributed by atoms with Crippen LogP contribution in [-0.4, -0.2) is 61.2 Å². The number of likely N-dealkylation sites (tertiary alicyclic amines) is 1. The van der Waals surface area contributed by atoms with Crippen molar-refractivity contribution in [3.63, 3.8) is 0 Å². The van der Waals surface area contributed by atoms with Gasteiger partial charge in [-0.2, -0.15) is 8.78 Å². The molecule has 0 bridgehead atoms. The molecule has 1 aromatic carbocycles. The van der Waals surface area contributed by atoms with Gasteiger partial charge in [0.05, 0.1) is 23.4 Å². The molecule has 0 saturated carbocycles. The lowest BCUT2D eigenvalue weighted by molar-refractivity contribution is 0.0537. The Labute approximate surface area is 195 Å². The third-order valence-electron chi connectivity index (χ3n) is 6.27. The van der Waals surface area contributed by atoms with Gasteiger partial charge in [0.25, 0.3) is 11.8 Å². The Morgan fingerprint density at radius 1 is 1.17 bits per heavy atom. The molecule has 2 amide bonds. The Bertz CT molecular complexity index is 1320. The van der Waals surface area contributed by atoms with Gasteiger partial charge < -0.3 is 19.3 Å². The van der Waals surface area contributed by atoms with Gasteiger partial charge >= 0.3 is 12.5 Å². The van der Waals surface area contributed by atoms with Crippen LogP contribution in [0.25, 0.3) is 11.5 Å². The zero-order chi connectivity index (χ0) is 24.9. The summed E-state index contributed by atoms with van der Waals surface area (Å²) in [4.78, 5) is 31.9. The summed E-state index contributed by atoms with van der Waals surface area (Å²) in [6.07, 6.45) is -2.50. The Morgan fingerprint density at radius 2 is 1.97 bits per heavy atom. The predicted molar refractivity (Wildman–Crippen MR) is 109 cm³/mol. The number of fused-ring (bicyclic) bond motifs is 1. The van der Waals surface area contributed by atoms with Crippen LogP contribution in [0, 0.1) is 11.6 Å². The summed E-state index contributed by atoms with van der Waals surface area (Å²) < 4.78 is 58.0. The smallest absolute Gasteiger partial charge is 0.407 e. The van der Waals surface area contributed by atoms with Gasteiger partial charge in [0.15, 0.2) is 11.6 Å². The average Bonchev–Trinajstić information content (AvgIpc) is 3.46. The standard InChI is InChI=1S/C22H17F4N5O4/c23-14-2-1-10(6-15(14)24)13-8-30(22(33)34)4-3-17(13)31-9-16-12(21(31)32)5-11(7-27-16)19-28-29-20(35-19)18(25)26/h1-2,5-7,13,17-18H,3-4,8-9H2,(H,33,34). The first-order chi connectivity index (χ1) is 16.7. The fourth-order valence-corrected chi connectivity index (χ4v) is 4.57. The molecule has 5 rings (SSSR count). The Balaban J connectivity index is 1.45. The zero-order valence-corrected chi connectivity index (χ0v) is 17.9. The van der Waals surface area contributed by atoms with E-state index in [9.17, 15) is 32.3 Å². The number of benzene rings is 1. The van der Waals surface area contributed by atoms with E-state index in [-0.39, 0.29) is 43.1 Å². The first-order valence-electron chi connectivity index (χ1n) is 10.6. The summed E-state index contributed by atoms with van der Waals surface area (Å²) in [6, 6.07) is 4.26. The molecule has 3 aromatic rings. The summed E-state index contributed by atoms with van der Waals surface area (Å²) in [5.74, 6) is -4.20. The average molecular weight is 491 g/mol. The second-order valence-electron chi connectivity index (χ2n) is 8.26. The highest BCUT2D eigenvalue weighted by Gasteiger charge is 2.42. The van der Waals surface area contributed by atoms with Crippen molar-refractivity contribution in [3.05, 3.63) is 64.8 Å². The van der Waals surface area contributed by atoms with Crippen LogP contribution in [0.5, 0.6) is 0 Å². The molecule has 9 nitrogen and oxygen atoms in total. The first-order valence-corrected chi connectivity index (χ1v) is 10.6. The summed E-state index contributed by atoms with van der Waals surface area (Å²) in [5, 5.41) is 16.3. The number of carbonyl (C=O) groups excluding carboxylic acids is 1. The second kappa shape index (κ2) is 8.64. The van der Waals surface area contributed by atoms with E-state index >= 15 is 0 Å². The van der Waals surface area contributed by atoms with Crippen LogP contribution in [0.3, 0.4) is 0 Å². The van der Waals surface area contributed by atoms with Crippen molar-refractivity contribution in [1.29, 1.82) is 0 Å². The van der Waals surface area contributed by atoms with Crippen LogP contribution in [0.15, 0.2) is 34.9 Å². The lowest BCUT2D eigenvalue weighted by Gasteiger charge is -2.41. The summed E-state index contributed by atoms with van der Waals surface area (Å²) in [7, 11) is 0. The number of amides is 2. The fourth-order valence-electron chi connectivity index (χ4n) is 4.57.